The number of hydrogen-bond acceptors (Lipinski definition) is 3. The molecule has 0 spiro atoms. The van der Waals surface area contributed by atoms with E-state index in [1.165, 1.54) is 38.8 Å². The molecule has 2 N–H and O–H groups in total. The largest absolute Gasteiger partial charge is 0.383 e. The highest BCUT2D eigenvalue weighted by molar-refractivity contribution is 4.67. The summed E-state index contributed by atoms with van der Waals surface area (Å²) >= 11 is 0. The Hall–Kier alpha value is -0.120. The molecule has 0 saturated heterocycles. The number of rotatable bonds is 10. The van der Waals surface area contributed by atoms with Crippen molar-refractivity contribution >= 4 is 0 Å². The minimum atomic E-state index is 0.156. The quantitative estimate of drug-likeness (QED) is 0.606. The zero-order valence-corrected chi connectivity index (χ0v) is 10.7. The maximum Gasteiger partial charge on any atom is 0.0626 e. The molecule has 1 unspecified atom stereocenters. The molecule has 0 aromatic heterocycles. The van der Waals surface area contributed by atoms with Crippen molar-refractivity contribution in [3.63, 3.8) is 0 Å². The van der Waals surface area contributed by atoms with Crippen molar-refractivity contribution in [1.29, 1.82) is 0 Å². The number of nitrogens with two attached hydrogens (primary N) is 1. The van der Waals surface area contributed by atoms with Gasteiger partial charge in [-0.3, -0.25) is 0 Å². The fraction of sp³-hybridized carbons (Fsp3) is 1.00. The van der Waals surface area contributed by atoms with E-state index in [0.29, 0.717) is 6.61 Å². The van der Waals surface area contributed by atoms with Crippen LogP contribution in [-0.4, -0.2) is 44.3 Å². The first-order valence-electron chi connectivity index (χ1n) is 6.21. The fourth-order valence-electron chi connectivity index (χ4n) is 1.66. The van der Waals surface area contributed by atoms with Crippen molar-refractivity contribution in [3.8, 4) is 0 Å². The van der Waals surface area contributed by atoms with Crippen LogP contribution < -0.4 is 5.73 Å². The second kappa shape index (κ2) is 10.4. The molecule has 92 valence electrons. The second-order valence-corrected chi connectivity index (χ2v) is 4.22. The number of methoxy groups -OCH3 is 1. The average Bonchev–Trinajstić information content (AvgIpc) is 2.22. The Balaban J connectivity index is 3.76. The van der Waals surface area contributed by atoms with Gasteiger partial charge in [0.05, 0.1) is 6.61 Å². The van der Waals surface area contributed by atoms with Crippen LogP contribution in [0.3, 0.4) is 0 Å². The summed E-state index contributed by atoms with van der Waals surface area (Å²) < 4.78 is 5.06. The van der Waals surface area contributed by atoms with E-state index in [9.17, 15) is 0 Å². The lowest BCUT2D eigenvalue weighted by Crippen LogP contribution is -2.41. The smallest absolute Gasteiger partial charge is 0.0626 e. The molecule has 0 aromatic rings. The first kappa shape index (κ1) is 14.9. The van der Waals surface area contributed by atoms with Gasteiger partial charge in [0.2, 0.25) is 0 Å². The van der Waals surface area contributed by atoms with Crippen LogP contribution in [0.15, 0.2) is 0 Å². The summed E-state index contributed by atoms with van der Waals surface area (Å²) in [5, 5.41) is 0. The monoisotopic (exact) mass is 216 g/mol. The Bertz CT molecular complexity index is 123. The molecule has 0 heterocycles. The molecule has 0 amide bonds. The second-order valence-electron chi connectivity index (χ2n) is 4.22. The van der Waals surface area contributed by atoms with Gasteiger partial charge < -0.3 is 15.4 Å². The van der Waals surface area contributed by atoms with Crippen LogP contribution in [0.2, 0.25) is 0 Å². The molecule has 0 radical (unpaired) electrons. The van der Waals surface area contributed by atoms with Crippen LogP contribution in [0.5, 0.6) is 0 Å². The molecule has 15 heavy (non-hydrogen) atoms. The molecule has 0 fully saturated rings. The zero-order valence-electron chi connectivity index (χ0n) is 10.7. The van der Waals surface area contributed by atoms with E-state index in [1.54, 1.807) is 7.11 Å². The van der Waals surface area contributed by atoms with Crippen LogP contribution in [0.25, 0.3) is 0 Å². The third-order valence-electron chi connectivity index (χ3n) is 2.53. The van der Waals surface area contributed by atoms with Crippen molar-refractivity contribution < 1.29 is 4.74 Å². The molecule has 0 aliphatic heterocycles. The molecular formula is C12H28N2O. The molecule has 0 rings (SSSR count). The van der Waals surface area contributed by atoms with Gasteiger partial charge in [0.15, 0.2) is 0 Å². The predicted molar refractivity (Wildman–Crippen MR) is 66.1 cm³/mol. The van der Waals surface area contributed by atoms with E-state index in [1.807, 2.05) is 0 Å². The fourth-order valence-corrected chi connectivity index (χ4v) is 1.66. The van der Waals surface area contributed by atoms with E-state index >= 15 is 0 Å². The SMILES string of the molecule is CCCCN(CCCC)CC(N)COC. The maximum absolute atomic E-state index is 5.96. The maximum atomic E-state index is 5.96. The third kappa shape index (κ3) is 8.85. The van der Waals surface area contributed by atoms with E-state index in [2.05, 4.69) is 18.7 Å². The summed E-state index contributed by atoms with van der Waals surface area (Å²) in [7, 11) is 1.71. The zero-order chi connectivity index (χ0) is 11.5. The first-order chi connectivity index (χ1) is 7.24. The lowest BCUT2D eigenvalue weighted by Gasteiger charge is -2.25. The van der Waals surface area contributed by atoms with Gasteiger partial charge in [-0.15, -0.1) is 0 Å². The summed E-state index contributed by atoms with van der Waals surface area (Å²) in [6.45, 7) is 8.44. The van der Waals surface area contributed by atoms with Crippen LogP contribution in [0, 0.1) is 0 Å². The Kier molecular flexibility index (Phi) is 10.3. The topological polar surface area (TPSA) is 38.5 Å². The molecule has 0 aliphatic carbocycles. The summed E-state index contributed by atoms with van der Waals surface area (Å²) in [6, 6.07) is 0.156. The van der Waals surface area contributed by atoms with Gasteiger partial charge in [0.25, 0.3) is 0 Å². The average molecular weight is 216 g/mol. The molecular weight excluding hydrogens is 188 g/mol. The minimum absolute atomic E-state index is 0.156. The van der Waals surface area contributed by atoms with Crippen LogP contribution in [0.4, 0.5) is 0 Å². The minimum Gasteiger partial charge on any atom is -0.383 e. The lowest BCUT2D eigenvalue weighted by molar-refractivity contribution is 0.152. The third-order valence-corrected chi connectivity index (χ3v) is 2.53. The highest BCUT2D eigenvalue weighted by Gasteiger charge is 2.09. The Morgan fingerprint density at radius 3 is 2.07 bits per heavy atom. The first-order valence-corrected chi connectivity index (χ1v) is 6.21. The van der Waals surface area contributed by atoms with Gasteiger partial charge in [-0.2, -0.15) is 0 Å². The highest BCUT2D eigenvalue weighted by atomic mass is 16.5. The Morgan fingerprint density at radius 1 is 1.13 bits per heavy atom. The summed E-state index contributed by atoms with van der Waals surface area (Å²) in [5.74, 6) is 0. The number of hydrogen-bond donors (Lipinski definition) is 1. The van der Waals surface area contributed by atoms with Gasteiger partial charge in [0, 0.05) is 19.7 Å². The van der Waals surface area contributed by atoms with E-state index in [-0.39, 0.29) is 6.04 Å². The molecule has 0 aromatic carbocycles. The van der Waals surface area contributed by atoms with Crippen molar-refractivity contribution in [1.82, 2.24) is 4.90 Å². The molecule has 0 bridgehead atoms. The molecule has 3 heteroatoms. The normalized spacial score (nSPS) is 13.4. The molecule has 1 atom stereocenters. The number of nitrogens with zero attached hydrogens (tertiary/aromatic N) is 1. The Labute approximate surface area is 95.0 Å². The van der Waals surface area contributed by atoms with Crippen molar-refractivity contribution in [3.05, 3.63) is 0 Å². The summed E-state index contributed by atoms with van der Waals surface area (Å²) in [4.78, 5) is 2.47. The number of unbranched alkanes of at least 4 members (excludes halogenated alkanes) is 2. The standard InChI is InChI=1S/C12H28N2O/c1-4-6-8-14(9-7-5-2)10-12(13)11-15-3/h12H,4-11,13H2,1-3H3. The van der Waals surface area contributed by atoms with E-state index in [4.69, 9.17) is 10.5 Å². The summed E-state index contributed by atoms with van der Waals surface area (Å²) in [6.07, 6.45) is 5.04. The van der Waals surface area contributed by atoms with Gasteiger partial charge in [-0.25, -0.2) is 0 Å². The molecule has 0 saturated carbocycles. The van der Waals surface area contributed by atoms with Crippen molar-refractivity contribution in [2.75, 3.05) is 33.4 Å². The summed E-state index contributed by atoms with van der Waals surface area (Å²) in [5.41, 5.74) is 5.96. The predicted octanol–water partition coefficient (Wildman–Crippen LogP) is 1.86. The van der Waals surface area contributed by atoms with Crippen LogP contribution in [-0.2, 0) is 4.74 Å². The van der Waals surface area contributed by atoms with Gasteiger partial charge in [0.1, 0.15) is 0 Å². The Morgan fingerprint density at radius 2 is 1.67 bits per heavy atom. The van der Waals surface area contributed by atoms with Crippen molar-refractivity contribution in [2.24, 2.45) is 5.73 Å². The molecule has 3 nitrogen and oxygen atoms in total. The van der Waals surface area contributed by atoms with E-state index < -0.39 is 0 Å². The van der Waals surface area contributed by atoms with Crippen LogP contribution in [0.1, 0.15) is 39.5 Å². The van der Waals surface area contributed by atoms with E-state index in [0.717, 1.165) is 6.54 Å². The highest BCUT2D eigenvalue weighted by Crippen LogP contribution is 2.00. The van der Waals surface area contributed by atoms with Crippen LogP contribution >= 0.6 is 0 Å². The molecule has 0 aliphatic rings. The van der Waals surface area contributed by atoms with Gasteiger partial charge >= 0.3 is 0 Å². The van der Waals surface area contributed by atoms with Gasteiger partial charge in [-0.05, 0) is 25.9 Å². The van der Waals surface area contributed by atoms with Gasteiger partial charge in [-0.1, -0.05) is 26.7 Å². The lowest BCUT2D eigenvalue weighted by atomic mass is 10.2. The number of ether oxygens (including phenoxy) is 1. The van der Waals surface area contributed by atoms with Crippen molar-refractivity contribution in [2.45, 2.75) is 45.6 Å².